The highest BCUT2D eigenvalue weighted by Gasteiger charge is 2.25. The van der Waals surface area contributed by atoms with Crippen LogP contribution in [0.2, 0.25) is 0 Å². The summed E-state index contributed by atoms with van der Waals surface area (Å²) in [7, 11) is 1.97. The third-order valence-corrected chi connectivity index (χ3v) is 4.44. The Morgan fingerprint density at radius 3 is 1.92 bits per heavy atom. The van der Waals surface area contributed by atoms with Gasteiger partial charge in [-0.05, 0) is 13.3 Å². The molecule has 5 heteroatoms. The first-order valence-corrected chi connectivity index (χ1v) is 9.03. The van der Waals surface area contributed by atoms with Crippen LogP contribution in [0.4, 0.5) is 4.79 Å². The van der Waals surface area contributed by atoms with E-state index in [1.165, 1.54) is 0 Å². The zero-order chi connectivity index (χ0) is 18.9. The fraction of sp³-hybridized carbons (Fsp3) is 0.333. The summed E-state index contributed by atoms with van der Waals surface area (Å²) in [4.78, 5) is 25.2. The molecule has 0 spiro atoms. The van der Waals surface area contributed by atoms with Crippen molar-refractivity contribution in [1.82, 2.24) is 10.6 Å². The molecule has 26 heavy (non-hydrogen) atoms. The lowest BCUT2D eigenvalue weighted by atomic mass is 9.97. The van der Waals surface area contributed by atoms with Gasteiger partial charge in [-0.15, -0.1) is 0 Å². The number of benzene rings is 2. The Hall–Kier alpha value is -2.66. The van der Waals surface area contributed by atoms with Crippen molar-refractivity contribution in [1.29, 1.82) is 0 Å². The molecule has 0 aliphatic carbocycles. The summed E-state index contributed by atoms with van der Waals surface area (Å²) in [5.41, 5.74) is 2.26. The van der Waals surface area contributed by atoms with E-state index in [9.17, 15) is 9.59 Å². The monoisotopic (exact) mass is 354 g/mol. The second-order valence-electron chi connectivity index (χ2n) is 6.61. The second-order valence-corrected chi connectivity index (χ2v) is 6.61. The van der Waals surface area contributed by atoms with Gasteiger partial charge in [-0.1, -0.05) is 67.6 Å². The van der Waals surface area contributed by atoms with E-state index in [1.807, 2.05) is 57.3 Å². The first kappa shape index (κ1) is 19.7. The molecule has 3 N–H and O–H groups in total. The normalized spacial score (nSPS) is 13.1. The molecule has 2 atom stereocenters. The molecule has 0 aromatic heterocycles. The number of carbonyl (C=O) groups excluding carboxylic acids is 2. The number of hydrogen-bond donors (Lipinski definition) is 3. The van der Waals surface area contributed by atoms with E-state index < -0.39 is 6.03 Å². The lowest BCUT2D eigenvalue weighted by molar-refractivity contribution is -0.898. The molecule has 3 amide bonds. The summed E-state index contributed by atoms with van der Waals surface area (Å²) < 4.78 is 0. The molecule has 2 aromatic rings. The van der Waals surface area contributed by atoms with Crippen LogP contribution >= 0.6 is 0 Å². The molecule has 0 radical (unpaired) electrons. The first-order valence-electron chi connectivity index (χ1n) is 9.03. The SMILES string of the molecule is CC[C@H](C)NC(=O)NC(=O)C[NH+](C)C(c1ccccc1)c1ccccc1. The molecular formula is C21H28N3O2+. The maximum Gasteiger partial charge on any atom is 0.321 e. The quantitative estimate of drug-likeness (QED) is 0.711. The van der Waals surface area contributed by atoms with Crippen molar-refractivity contribution in [3.63, 3.8) is 0 Å². The molecule has 1 unspecified atom stereocenters. The highest BCUT2D eigenvalue weighted by Crippen LogP contribution is 2.18. The van der Waals surface area contributed by atoms with E-state index in [1.54, 1.807) is 0 Å². The van der Waals surface area contributed by atoms with Crippen LogP contribution in [-0.4, -0.2) is 31.6 Å². The van der Waals surface area contributed by atoms with Crippen LogP contribution in [-0.2, 0) is 4.79 Å². The molecule has 0 aliphatic rings. The van der Waals surface area contributed by atoms with Crippen molar-refractivity contribution in [2.45, 2.75) is 32.4 Å². The van der Waals surface area contributed by atoms with E-state index >= 15 is 0 Å². The number of carbonyl (C=O) groups is 2. The summed E-state index contributed by atoms with van der Waals surface area (Å²) in [6.45, 7) is 4.08. The minimum absolute atomic E-state index is 0.0146. The predicted molar refractivity (Wildman–Crippen MR) is 103 cm³/mol. The van der Waals surface area contributed by atoms with E-state index in [-0.39, 0.29) is 24.5 Å². The third kappa shape index (κ3) is 5.70. The molecule has 0 aliphatic heterocycles. The predicted octanol–water partition coefficient (Wildman–Crippen LogP) is 1.92. The molecule has 0 bridgehead atoms. The lowest BCUT2D eigenvalue weighted by Gasteiger charge is -2.25. The van der Waals surface area contributed by atoms with Gasteiger partial charge < -0.3 is 10.2 Å². The van der Waals surface area contributed by atoms with Gasteiger partial charge in [0, 0.05) is 17.2 Å². The van der Waals surface area contributed by atoms with E-state index in [4.69, 9.17) is 0 Å². The molecule has 0 heterocycles. The number of imide groups is 1. The van der Waals surface area contributed by atoms with Crippen molar-refractivity contribution >= 4 is 11.9 Å². The molecule has 0 saturated heterocycles. The fourth-order valence-corrected chi connectivity index (χ4v) is 2.94. The van der Waals surface area contributed by atoms with Gasteiger partial charge in [0.1, 0.15) is 6.04 Å². The summed E-state index contributed by atoms with van der Waals surface area (Å²) in [5.74, 6) is -0.292. The van der Waals surface area contributed by atoms with Gasteiger partial charge in [0.15, 0.2) is 6.54 Å². The Morgan fingerprint density at radius 2 is 1.46 bits per heavy atom. The molecule has 0 saturated carbocycles. The average molecular weight is 354 g/mol. The van der Waals surface area contributed by atoms with Gasteiger partial charge in [-0.3, -0.25) is 10.1 Å². The third-order valence-electron chi connectivity index (χ3n) is 4.44. The molecule has 5 nitrogen and oxygen atoms in total. The number of likely N-dealkylation sites (N-methyl/N-ethyl adjacent to an activating group) is 1. The number of rotatable bonds is 7. The van der Waals surface area contributed by atoms with Gasteiger partial charge in [-0.25, -0.2) is 4.79 Å². The smallest absolute Gasteiger partial charge is 0.321 e. The van der Waals surface area contributed by atoms with Crippen molar-refractivity contribution < 1.29 is 14.5 Å². The first-order chi connectivity index (χ1) is 12.5. The van der Waals surface area contributed by atoms with Crippen LogP contribution in [0.5, 0.6) is 0 Å². The van der Waals surface area contributed by atoms with Gasteiger partial charge >= 0.3 is 6.03 Å². The Labute approximate surface area is 155 Å². The highest BCUT2D eigenvalue weighted by molar-refractivity contribution is 5.94. The van der Waals surface area contributed by atoms with Crippen LogP contribution < -0.4 is 15.5 Å². The van der Waals surface area contributed by atoms with Crippen LogP contribution in [0.1, 0.15) is 37.4 Å². The van der Waals surface area contributed by atoms with E-state index in [0.717, 1.165) is 22.4 Å². The van der Waals surface area contributed by atoms with Gasteiger partial charge in [-0.2, -0.15) is 0 Å². The number of hydrogen-bond acceptors (Lipinski definition) is 2. The van der Waals surface area contributed by atoms with Gasteiger partial charge in [0.05, 0.1) is 7.05 Å². The standard InChI is InChI=1S/C21H27N3O2/c1-4-16(2)22-21(26)23-19(25)15-24(3)20(17-11-7-5-8-12-17)18-13-9-6-10-14-18/h5-14,16,20H,4,15H2,1-3H3,(H2,22,23,25,26)/p+1/t16-/m0/s1. The Balaban J connectivity index is 2.09. The van der Waals surface area contributed by atoms with Crippen LogP contribution in [0, 0.1) is 0 Å². The minimum Gasteiger partial charge on any atom is -0.335 e. The Kier molecular flexibility index (Phi) is 7.36. The second kappa shape index (κ2) is 9.73. The van der Waals surface area contributed by atoms with E-state index in [2.05, 4.69) is 34.9 Å². The topological polar surface area (TPSA) is 62.6 Å². The molecular weight excluding hydrogens is 326 g/mol. The summed E-state index contributed by atoms with van der Waals surface area (Å²) in [5, 5.41) is 5.17. The molecule has 2 aromatic carbocycles. The highest BCUT2D eigenvalue weighted by atomic mass is 16.2. The molecule has 0 fully saturated rings. The number of urea groups is 1. The molecule has 2 rings (SSSR count). The maximum absolute atomic E-state index is 12.3. The Bertz CT molecular complexity index is 664. The zero-order valence-electron chi connectivity index (χ0n) is 15.7. The zero-order valence-corrected chi connectivity index (χ0v) is 15.7. The Morgan fingerprint density at radius 1 is 0.962 bits per heavy atom. The summed E-state index contributed by atoms with van der Waals surface area (Å²) in [6, 6.07) is 19.8. The van der Waals surface area contributed by atoms with E-state index in [0.29, 0.717) is 0 Å². The lowest BCUT2D eigenvalue weighted by Crippen LogP contribution is -3.10. The van der Waals surface area contributed by atoms with Gasteiger partial charge in [0.25, 0.3) is 5.91 Å². The maximum atomic E-state index is 12.3. The minimum atomic E-state index is -0.437. The van der Waals surface area contributed by atoms with Crippen molar-refractivity contribution in [2.24, 2.45) is 0 Å². The van der Waals surface area contributed by atoms with Crippen LogP contribution in [0.25, 0.3) is 0 Å². The van der Waals surface area contributed by atoms with Crippen molar-refractivity contribution in [3.8, 4) is 0 Å². The fourth-order valence-electron chi connectivity index (χ4n) is 2.94. The van der Waals surface area contributed by atoms with Crippen molar-refractivity contribution in [2.75, 3.05) is 13.6 Å². The number of nitrogens with one attached hydrogen (secondary N) is 3. The van der Waals surface area contributed by atoms with Crippen molar-refractivity contribution in [3.05, 3.63) is 71.8 Å². The number of amides is 3. The largest absolute Gasteiger partial charge is 0.335 e. The summed E-state index contributed by atoms with van der Waals surface area (Å²) in [6.07, 6.45) is 0.816. The number of quaternary nitrogens is 1. The average Bonchev–Trinajstić information content (AvgIpc) is 2.63. The summed E-state index contributed by atoms with van der Waals surface area (Å²) >= 11 is 0. The van der Waals surface area contributed by atoms with Crippen LogP contribution in [0.3, 0.4) is 0 Å². The van der Waals surface area contributed by atoms with Gasteiger partial charge in [0.2, 0.25) is 0 Å². The molecule has 138 valence electrons. The van der Waals surface area contributed by atoms with Crippen LogP contribution in [0.15, 0.2) is 60.7 Å².